The number of fused-ring (bicyclic) bond motifs is 3. The van der Waals surface area contributed by atoms with Gasteiger partial charge in [0.2, 0.25) is 5.65 Å². The van der Waals surface area contributed by atoms with E-state index in [0.717, 1.165) is 5.56 Å². The van der Waals surface area contributed by atoms with Gasteiger partial charge in [0.15, 0.2) is 0 Å². The quantitative estimate of drug-likeness (QED) is 0.401. The van der Waals surface area contributed by atoms with Gasteiger partial charge in [0, 0.05) is 16.2 Å². The number of halogens is 2. The summed E-state index contributed by atoms with van der Waals surface area (Å²) in [4.78, 5) is 0.537. The van der Waals surface area contributed by atoms with E-state index in [1.807, 2.05) is 0 Å². The summed E-state index contributed by atoms with van der Waals surface area (Å²) in [6.07, 6.45) is 1.59. The van der Waals surface area contributed by atoms with Crippen LogP contribution in [0.2, 0.25) is 5.02 Å². The summed E-state index contributed by atoms with van der Waals surface area (Å²) >= 11 is 6.00. The summed E-state index contributed by atoms with van der Waals surface area (Å²) < 4.78 is 14.6. The number of benzene rings is 2. The lowest BCUT2D eigenvalue weighted by atomic mass is 10.1. The fraction of sp³-hybridized carbons (Fsp3) is 0. The second-order valence-electron chi connectivity index (χ2n) is 4.81. The van der Waals surface area contributed by atoms with Crippen molar-refractivity contribution in [3.63, 3.8) is 0 Å². The molecule has 108 valence electrons. The fourth-order valence-corrected chi connectivity index (χ4v) is 2.58. The van der Waals surface area contributed by atoms with E-state index in [9.17, 15) is 9.60 Å². The standard InChI is InChI=1S/C15H8ClFN4O/c16-10-3-6-13-14(7-10)20-15(19-21(13)22)12(8-18-20)9-1-4-11(17)5-2-9/h1-8H. The molecule has 4 aromatic rings. The maximum atomic E-state index is 13.1. The lowest BCUT2D eigenvalue weighted by molar-refractivity contribution is -0.640. The lowest BCUT2D eigenvalue weighted by Crippen LogP contribution is -2.33. The Morgan fingerprint density at radius 2 is 1.91 bits per heavy atom. The monoisotopic (exact) mass is 314 g/mol. The molecule has 0 saturated heterocycles. The van der Waals surface area contributed by atoms with Crippen LogP contribution in [0, 0.1) is 11.0 Å². The van der Waals surface area contributed by atoms with E-state index in [1.54, 1.807) is 41.0 Å². The highest BCUT2D eigenvalue weighted by molar-refractivity contribution is 6.31. The van der Waals surface area contributed by atoms with Crippen molar-refractivity contribution in [3.05, 3.63) is 64.7 Å². The first kappa shape index (κ1) is 13.0. The van der Waals surface area contributed by atoms with Crippen LogP contribution >= 0.6 is 11.6 Å². The zero-order valence-corrected chi connectivity index (χ0v) is 11.8. The Balaban J connectivity index is 2.07. The third kappa shape index (κ3) is 1.88. The van der Waals surface area contributed by atoms with Crippen LogP contribution in [0.5, 0.6) is 0 Å². The summed E-state index contributed by atoms with van der Waals surface area (Å²) in [5, 5.41) is 20.9. The smallest absolute Gasteiger partial charge is 0.270 e. The predicted octanol–water partition coefficient (Wildman–Crippen LogP) is 2.98. The van der Waals surface area contributed by atoms with Crippen LogP contribution in [0.25, 0.3) is 27.8 Å². The van der Waals surface area contributed by atoms with E-state index < -0.39 is 0 Å². The van der Waals surface area contributed by atoms with Gasteiger partial charge in [-0.2, -0.15) is 5.10 Å². The van der Waals surface area contributed by atoms with E-state index in [4.69, 9.17) is 11.6 Å². The Bertz CT molecular complexity index is 1010. The Kier molecular flexibility index (Phi) is 2.74. The first-order chi connectivity index (χ1) is 10.6. The van der Waals surface area contributed by atoms with Gasteiger partial charge in [-0.05, 0) is 34.7 Å². The molecule has 5 nitrogen and oxygen atoms in total. The molecule has 0 spiro atoms. The molecular formula is C15H8ClFN4O. The molecular weight excluding hydrogens is 307 g/mol. The van der Waals surface area contributed by atoms with Gasteiger partial charge in [0.25, 0.3) is 5.52 Å². The molecule has 0 aliphatic heterocycles. The molecule has 0 saturated carbocycles. The van der Waals surface area contributed by atoms with Crippen molar-refractivity contribution in [2.24, 2.45) is 0 Å². The Hall–Kier alpha value is -2.73. The van der Waals surface area contributed by atoms with Gasteiger partial charge in [0.1, 0.15) is 11.3 Å². The second-order valence-corrected chi connectivity index (χ2v) is 5.24. The average molecular weight is 315 g/mol. The van der Waals surface area contributed by atoms with Crippen molar-refractivity contribution in [1.29, 1.82) is 0 Å². The number of aromatic nitrogens is 4. The summed E-state index contributed by atoms with van der Waals surface area (Å²) in [7, 11) is 0. The highest BCUT2D eigenvalue weighted by atomic mass is 35.5. The minimum atomic E-state index is -0.329. The van der Waals surface area contributed by atoms with Crippen molar-refractivity contribution in [3.8, 4) is 11.1 Å². The Morgan fingerprint density at radius 3 is 2.68 bits per heavy atom. The zero-order chi connectivity index (χ0) is 15.3. The number of nitrogens with zero attached hydrogens (tertiary/aromatic N) is 4. The molecule has 2 aromatic carbocycles. The molecule has 0 unspecified atom stereocenters. The zero-order valence-electron chi connectivity index (χ0n) is 11.1. The first-order valence-electron chi connectivity index (χ1n) is 6.46. The van der Waals surface area contributed by atoms with Gasteiger partial charge in [0.05, 0.1) is 11.8 Å². The van der Waals surface area contributed by atoms with E-state index in [-0.39, 0.29) is 5.82 Å². The van der Waals surface area contributed by atoms with E-state index in [1.165, 1.54) is 12.1 Å². The average Bonchev–Trinajstić information content (AvgIpc) is 2.92. The SMILES string of the molecule is [O-][n+]1nc2c(-c3ccc(F)cc3)cnn2c2cc(Cl)ccc21. The van der Waals surface area contributed by atoms with Crippen molar-refractivity contribution >= 4 is 28.3 Å². The number of rotatable bonds is 1. The molecule has 0 atom stereocenters. The minimum absolute atomic E-state index is 0.329. The molecule has 7 heteroatoms. The molecule has 0 aliphatic rings. The van der Waals surface area contributed by atoms with Gasteiger partial charge >= 0.3 is 0 Å². The molecule has 0 amide bonds. The molecule has 4 rings (SSSR count). The van der Waals surface area contributed by atoms with Crippen LogP contribution in [-0.2, 0) is 0 Å². The largest absolute Gasteiger partial charge is 0.594 e. The maximum absolute atomic E-state index is 13.1. The van der Waals surface area contributed by atoms with Gasteiger partial charge in [-0.3, -0.25) is 0 Å². The van der Waals surface area contributed by atoms with Crippen LogP contribution in [-0.4, -0.2) is 14.7 Å². The minimum Gasteiger partial charge on any atom is -0.594 e. The van der Waals surface area contributed by atoms with Gasteiger partial charge < -0.3 is 5.21 Å². The van der Waals surface area contributed by atoms with E-state index in [0.29, 0.717) is 32.1 Å². The predicted molar refractivity (Wildman–Crippen MR) is 79.9 cm³/mol. The molecule has 0 fully saturated rings. The highest BCUT2D eigenvalue weighted by Gasteiger charge is 2.17. The molecule has 22 heavy (non-hydrogen) atoms. The van der Waals surface area contributed by atoms with Crippen molar-refractivity contribution in [1.82, 2.24) is 14.7 Å². The van der Waals surface area contributed by atoms with Gasteiger partial charge in [-0.25, -0.2) is 8.91 Å². The summed E-state index contributed by atoms with van der Waals surface area (Å²) in [5.41, 5.74) is 2.68. The van der Waals surface area contributed by atoms with Gasteiger partial charge in [-0.15, -0.1) is 0 Å². The first-order valence-corrected chi connectivity index (χ1v) is 6.84. The third-order valence-corrected chi connectivity index (χ3v) is 3.69. The molecule has 0 aliphatic carbocycles. The van der Waals surface area contributed by atoms with Gasteiger partial charge in [-0.1, -0.05) is 23.7 Å². The molecule has 0 N–H and O–H groups in total. The van der Waals surface area contributed by atoms with E-state index in [2.05, 4.69) is 10.2 Å². The van der Waals surface area contributed by atoms with Crippen LogP contribution in [0.1, 0.15) is 0 Å². The summed E-state index contributed by atoms with van der Waals surface area (Å²) in [6.45, 7) is 0. The van der Waals surface area contributed by atoms with Crippen molar-refractivity contribution in [2.75, 3.05) is 0 Å². The maximum Gasteiger partial charge on any atom is 0.270 e. The topological polar surface area (TPSA) is 57.1 Å². The van der Waals surface area contributed by atoms with Crippen LogP contribution in [0.4, 0.5) is 4.39 Å². The van der Waals surface area contributed by atoms with Crippen molar-refractivity contribution in [2.45, 2.75) is 0 Å². The van der Waals surface area contributed by atoms with E-state index >= 15 is 0 Å². The van der Waals surface area contributed by atoms with Crippen LogP contribution < -0.4 is 4.85 Å². The summed E-state index contributed by atoms with van der Waals surface area (Å²) in [6, 6.07) is 10.8. The molecule has 0 bridgehead atoms. The van der Waals surface area contributed by atoms with Crippen molar-refractivity contribution < 1.29 is 9.24 Å². The number of hydrogen-bond donors (Lipinski definition) is 0. The molecule has 2 heterocycles. The van der Waals surface area contributed by atoms with Crippen LogP contribution in [0.3, 0.4) is 0 Å². The normalized spacial score (nSPS) is 11.4. The third-order valence-electron chi connectivity index (χ3n) is 3.46. The second kappa shape index (κ2) is 4.64. The molecule has 2 aromatic heterocycles. The molecule has 0 radical (unpaired) electrons. The Labute approximate surface area is 128 Å². The highest BCUT2D eigenvalue weighted by Crippen LogP contribution is 2.25. The summed E-state index contributed by atoms with van der Waals surface area (Å²) in [5.74, 6) is -0.329. The fourth-order valence-electron chi connectivity index (χ4n) is 2.42. The number of hydrogen-bond acceptors (Lipinski definition) is 3. The Morgan fingerprint density at radius 1 is 1.14 bits per heavy atom. The lowest BCUT2D eigenvalue weighted by Gasteiger charge is -2.03. The van der Waals surface area contributed by atoms with Crippen LogP contribution in [0.15, 0.2) is 48.7 Å².